The Morgan fingerprint density at radius 1 is 1.27 bits per heavy atom. The van der Waals surface area contributed by atoms with Crippen molar-refractivity contribution in [3.63, 3.8) is 0 Å². The molecule has 3 rings (SSSR count). The lowest BCUT2D eigenvalue weighted by molar-refractivity contribution is -0.135. The lowest BCUT2D eigenvalue weighted by atomic mass is 10.1. The van der Waals surface area contributed by atoms with Gasteiger partial charge in [-0.15, -0.1) is 0 Å². The number of pyridine rings is 1. The number of carbonyl (C=O) groups excluding carboxylic acids is 1. The summed E-state index contributed by atoms with van der Waals surface area (Å²) in [6, 6.07) is 6.67. The maximum Gasteiger partial charge on any atom is 0.248 e. The van der Waals surface area contributed by atoms with Gasteiger partial charge in [0.15, 0.2) is 0 Å². The fourth-order valence-corrected chi connectivity index (χ4v) is 2.84. The first-order chi connectivity index (χ1) is 10.7. The van der Waals surface area contributed by atoms with Gasteiger partial charge in [-0.05, 0) is 23.8 Å². The Labute approximate surface area is 128 Å². The van der Waals surface area contributed by atoms with E-state index < -0.39 is 6.61 Å². The second kappa shape index (κ2) is 6.37. The molecule has 5 nitrogen and oxygen atoms in total. The topological polar surface area (TPSA) is 56.7 Å². The van der Waals surface area contributed by atoms with Crippen LogP contribution in [0.2, 0.25) is 0 Å². The minimum atomic E-state index is -0.446. The molecule has 1 saturated heterocycles. The van der Waals surface area contributed by atoms with Crippen molar-refractivity contribution in [3.05, 3.63) is 41.8 Å². The third-order valence-corrected chi connectivity index (χ3v) is 4.00. The molecule has 2 aromatic rings. The highest BCUT2D eigenvalue weighted by atomic mass is 19.1. The maximum atomic E-state index is 13.7. The van der Waals surface area contributed by atoms with E-state index in [-0.39, 0.29) is 11.7 Å². The van der Waals surface area contributed by atoms with Gasteiger partial charge in [0.2, 0.25) is 5.91 Å². The second-order valence-electron chi connectivity index (χ2n) is 5.46. The smallest absolute Gasteiger partial charge is 0.248 e. The zero-order valence-electron chi connectivity index (χ0n) is 12.2. The molecule has 1 aromatic heterocycles. The van der Waals surface area contributed by atoms with Gasteiger partial charge in [0.25, 0.3) is 0 Å². The number of carbonyl (C=O) groups is 1. The van der Waals surface area contributed by atoms with Crippen LogP contribution >= 0.6 is 0 Å². The highest BCUT2D eigenvalue weighted by Crippen LogP contribution is 2.20. The monoisotopic (exact) mass is 303 g/mol. The van der Waals surface area contributed by atoms with Gasteiger partial charge >= 0.3 is 0 Å². The lowest BCUT2D eigenvalue weighted by Crippen LogP contribution is -2.49. The molecule has 0 saturated carbocycles. The van der Waals surface area contributed by atoms with Crippen LogP contribution in [0.15, 0.2) is 30.5 Å². The number of benzene rings is 1. The van der Waals surface area contributed by atoms with Gasteiger partial charge in [-0.25, -0.2) is 4.39 Å². The van der Waals surface area contributed by atoms with Crippen molar-refractivity contribution in [1.82, 2.24) is 14.8 Å². The number of aromatic nitrogens is 1. The quantitative estimate of drug-likeness (QED) is 0.919. The number of hydrogen-bond donors (Lipinski definition) is 1. The summed E-state index contributed by atoms with van der Waals surface area (Å²) in [5.41, 5.74) is 1.68. The Bertz CT molecular complexity index is 684. The van der Waals surface area contributed by atoms with E-state index in [0.717, 1.165) is 16.5 Å². The van der Waals surface area contributed by atoms with E-state index in [9.17, 15) is 9.18 Å². The molecule has 2 heterocycles. The molecule has 1 aliphatic heterocycles. The summed E-state index contributed by atoms with van der Waals surface area (Å²) in [4.78, 5) is 19.6. The van der Waals surface area contributed by atoms with Crippen molar-refractivity contribution in [2.24, 2.45) is 0 Å². The Hall–Kier alpha value is -2.05. The predicted octanol–water partition coefficient (Wildman–Crippen LogP) is 1.01. The largest absolute Gasteiger partial charge is 0.387 e. The van der Waals surface area contributed by atoms with Gasteiger partial charge in [-0.3, -0.25) is 14.7 Å². The van der Waals surface area contributed by atoms with E-state index in [1.807, 2.05) is 6.07 Å². The van der Waals surface area contributed by atoms with Crippen LogP contribution in [0.4, 0.5) is 4.39 Å². The number of hydrogen-bond acceptors (Lipinski definition) is 4. The van der Waals surface area contributed by atoms with Gasteiger partial charge in [0, 0.05) is 44.3 Å². The molecule has 0 atom stereocenters. The summed E-state index contributed by atoms with van der Waals surface area (Å²) in [7, 11) is 0. The lowest BCUT2D eigenvalue weighted by Gasteiger charge is -2.34. The number of fused-ring (bicyclic) bond motifs is 1. The molecule has 1 aromatic carbocycles. The number of aliphatic hydroxyl groups excluding tert-OH is 1. The van der Waals surface area contributed by atoms with Crippen LogP contribution < -0.4 is 0 Å². The first-order valence-electron chi connectivity index (χ1n) is 7.31. The Morgan fingerprint density at radius 2 is 2.05 bits per heavy atom. The van der Waals surface area contributed by atoms with Gasteiger partial charge in [0.05, 0.1) is 5.52 Å². The molecular formula is C16H18FN3O2. The molecule has 22 heavy (non-hydrogen) atoms. The fraction of sp³-hybridized carbons (Fsp3) is 0.375. The summed E-state index contributed by atoms with van der Waals surface area (Å²) < 4.78 is 13.7. The van der Waals surface area contributed by atoms with Crippen LogP contribution in [0.3, 0.4) is 0 Å². The average molecular weight is 303 g/mol. The van der Waals surface area contributed by atoms with Crippen LogP contribution in [0.5, 0.6) is 0 Å². The van der Waals surface area contributed by atoms with Crippen molar-refractivity contribution in [2.45, 2.75) is 6.54 Å². The molecule has 1 fully saturated rings. The number of halogens is 1. The molecule has 116 valence electrons. The first kappa shape index (κ1) is 14.9. The molecule has 0 bridgehead atoms. The molecule has 1 amide bonds. The standard InChI is InChI=1S/C16H18FN3O2/c17-14-8-12-2-1-3-18-16(12)13(9-14)10-19-4-6-20(7-5-19)15(22)11-21/h1-3,8-9,21H,4-7,10-11H2. The van der Waals surface area contributed by atoms with E-state index in [1.54, 1.807) is 17.2 Å². The predicted molar refractivity (Wildman–Crippen MR) is 80.6 cm³/mol. The van der Waals surface area contributed by atoms with Crippen LogP contribution in [0.1, 0.15) is 5.56 Å². The van der Waals surface area contributed by atoms with Crippen molar-refractivity contribution in [1.29, 1.82) is 0 Å². The van der Waals surface area contributed by atoms with Crippen LogP contribution in [-0.4, -0.2) is 58.6 Å². The second-order valence-corrected chi connectivity index (χ2v) is 5.46. The first-order valence-corrected chi connectivity index (χ1v) is 7.31. The number of amides is 1. The molecule has 1 N–H and O–H groups in total. The number of rotatable bonds is 3. The highest BCUT2D eigenvalue weighted by Gasteiger charge is 2.21. The molecule has 1 aliphatic rings. The molecule has 6 heteroatoms. The normalized spacial score (nSPS) is 16.2. The van der Waals surface area contributed by atoms with Crippen LogP contribution in [-0.2, 0) is 11.3 Å². The highest BCUT2D eigenvalue weighted by molar-refractivity contribution is 5.81. The van der Waals surface area contributed by atoms with Gasteiger partial charge in [-0.1, -0.05) is 6.07 Å². The summed E-state index contributed by atoms with van der Waals surface area (Å²) in [5.74, 6) is -0.498. The summed E-state index contributed by atoms with van der Waals surface area (Å²) in [6.45, 7) is 2.73. The third kappa shape index (κ3) is 3.08. The van der Waals surface area contributed by atoms with E-state index in [0.29, 0.717) is 32.7 Å². The van der Waals surface area contributed by atoms with Gasteiger partial charge in [0.1, 0.15) is 12.4 Å². The zero-order chi connectivity index (χ0) is 15.5. The molecule has 0 unspecified atom stereocenters. The van der Waals surface area contributed by atoms with E-state index in [2.05, 4.69) is 9.88 Å². The molecule has 0 radical (unpaired) electrons. The van der Waals surface area contributed by atoms with E-state index in [4.69, 9.17) is 5.11 Å². The van der Waals surface area contributed by atoms with Gasteiger partial charge in [-0.2, -0.15) is 0 Å². The minimum absolute atomic E-state index is 0.238. The van der Waals surface area contributed by atoms with Crippen LogP contribution in [0.25, 0.3) is 10.9 Å². The summed E-state index contributed by atoms with van der Waals surface area (Å²) in [5, 5.41) is 9.68. The van der Waals surface area contributed by atoms with Crippen molar-refractivity contribution in [3.8, 4) is 0 Å². The maximum absolute atomic E-state index is 13.7. The van der Waals surface area contributed by atoms with Crippen molar-refractivity contribution < 1.29 is 14.3 Å². The van der Waals surface area contributed by atoms with E-state index in [1.165, 1.54) is 12.1 Å². The fourth-order valence-electron chi connectivity index (χ4n) is 2.84. The number of aliphatic hydroxyl groups is 1. The SMILES string of the molecule is O=C(CO)N1CCN(Cc2cc(F)cc3cccnc23)CC1. The minimum Gasteiger partial charge on any atom is -0.387 e. The molecule has 0 aliphatic carbocycles. The summed E-state index contributed by atoms with van der Waals surface area (Å²) in [6.07, 6.45) is 1.71. The molecular weight excluding hydrogens is 285 g/mol. The van der Waals surface area contributed by atoms with E-state index >= 15 is 0 Å². The summed E-state index contributed by atoms with van der Waals surface area (Å²) >= 11 is 0. The van der Waals surface area contributed by atoms with Crippen molar-refractivity contribution in [2.75, 3.05) is 32.8 Å². The molecule has 0 spiro atoms. The zero-order valence-corrected chi connectivity index (χ0v) is 12.2. The average Bonchev–Trinajstić information content (AvgIpc) is 2.54. The van der Waals surface area contributed by atoms with Crippen LogP contribution in [0, 0.1) is 5.82 Å². The Morgan fingerprint density at radius 3 is 2.77 bits per heavy atom. The number of piperazine rings is 1. The number of nitrogens with zero attached hydrogens (tertiary/aromatic N) is 3. The Kier molecular flexibility index (Phi) is 4.31. The van der Waals surface area contributed by atoms with Crippen molar-refractivity contribution >= 4 is 16.8 Å². The van der Waals surface area contributed by atoms with Gasteiger partial charge < -0.3 is 10.0 Å². The Balaban J connectivity index is 1.73. The third-order valence-electron chi connectivity index (χ3n) is 4.00.